The molecule has 3 heteroatoms. The average molecular weight is 271 g/mol. The number of allylic oxidation sites excluding steroid dienone is 2. The first-order valence-corrected chi connectivity index (χ1v) is 6.85. The molecule has 0 unspecified atom stereocenters. The van der Waals surface area contributed by atoms with Crippen LogP contribution in [0.25, 0.3) is 23.5 Å². The van der Waals surface area contributed by atoms with Gasteiger partial charge in [-0.05, 0) is 18.2 Å². The molecule has 21 heavy (non-hydrogen) atoms. The van der Waals surface area contributed by atoms with Crippen LogP contribution in [0.4, 0.5) is 0 Å². The number of hydrogen-bond donors (Lipinski definition) is 0. The number of benzene rings is 1. The summed E-state index contributed by atoms with van der Waals surface area (Å²) in [6, 6.07) is 14.4. The Morgan fingerprint density at radius 1 is 0.952 bits per heavy atom. The summed E-state index contributed by atoms with van der Waals surface area (Å²) in [5.74, 6) is 0. The van der Waals surface area contributed by atoms with Crippen LogP contribution in [0.15, 0.2) is 71.6 Å². The smallest absolute Gasteiger partial charge is 0.0876 e. The molecule has 1 aromatic carbocycles. The maximum atomic E-state index is 4.77. The molecule has 2 aliphatic heterocycles. The summed E-state index contributed by atoms with van der Waals surface area (Å²) in [4.78, 5) is 11.0. The predicted molar refractivity (Wildman–Crippen MR) is 85.4 cm³/mol. The summed E-state index contributed by atoms with van der Waals surface area (Å²) in [5, 5.41) is 2.09. The van der Waals surface area contributed by atoms with Gasteiger partial charge in [0.1, 0.15) is 0 Å². The van der Waals surface area contributed by atoms with Crippen LogP contribution in [0.3, 0.4) is 0 Å². The highest BCUT2D eigenvalue weighted by atomic mass is 15.1. The van der Waals surface area contributed by atoms with E-state index in [1.807, 2.05) is 47.8 Å². The predicted octanol–water partition coefficient (Wildman–Crippen LogP) is 2.02. The molecule has 100 valence electrons. The van der Waals surface area contributed by atoms with Crippen molar-refractivity contribution in [3.63, 3.8) is 0 Å². The molecule has 2 aromatic rings. The van der Waals surface area contributed by atoms with Crippen molar-refractivity contribution >= 4 is 18.5 Å². The second-order valence-electron chi connectivity index (χ2n) is 4.91. The van der Waals surface area contributed by atoms with E-state index in [-0.39, 0.29) is 0 Å². The molecule has 0 N–H and O–H groups in total. The minimum absolute atomic E-state index is 0.972. The van der Waals surface area contributed by atoms with Crippen molar-refractivity contribution in [1.82, 2.24) is 9.88 Å². The van der Waals surface area contributed by atoms with E-state index < -0.39 is 0 Å². The van der Waals surface area contributed by atoms with Crippen LogP contribution >= 0.6 is 0 Å². The van der Waals surface area contributed by atoms with Crippen LogP contribution in [0, 0.1) is 0 Å². The van der Waals surface area contributed by atoms with Crippen LogP contribution in [0.1, 0.15) is 0 Å². The lowest BCUT2D eigenvalue weighted by Crippen LogP contribution is -2.35. The second kappa shape index (κ2) is 4.87. The molecule has 3 heterocycles. The molecule has 2 aliphatic rings. The molecule has 1 aromatic heterocycles. The van der Waals surface area contributed by atoms with E-state index in [4.69, 9.17) is 4.98 Å². The van der Waals surface area contributed by atoms with E-state index in [9.17, 15) is 0 Å². The average Bonchev–Trinajstić information content (AvgIpc) is 2.78. The van der Waals surface area contributed by atoms with Gasteiger partial charge in [-0.2, -0.15) is 0 Å². The summed E-state index contributed by atoms with van der Waals surface area (Å²) in [6.45, 7) is 0. The maximum absolute atomic E-state index is 4.77. The highest BCUT2D eigenvalue weighted by molar-refractivity contribution is 5.73. The van der Waals surface area contributed by atoms with Crippen molar-refractivity contribution < 1.29 is 0 Å². The molecule has 0 saturated heterocycles. The van der Waals surface area contributed by atoms with Gasteiger partial charge in [-0.1, -0.05) is 36.4 Å². The number of fused-ring (bicyclic) bond motifs is 2. The molecule has 0 bridgehead atoms. The fourth-order valence-corrected chi connectivity index (χ4v) is 2.45. The summed E-state index contributed by atoms with van der Waals surface area (Å²) in [5.41, 5.74) is 3.16. The third-order valence-corrected chi connectivity index (χ3v) is 3.52. The Balaban J connectivity index is 1.88. The zero-order chi connectivity index (χ0) is 14.1. The third kappa shape index (κ3) is 2.19. The molecule has 0 radical (unpaired) electrons. The number of pyridine rings is 1. The summed E-state index contributed by atoms with van der Waals surface area (Å²) in [6.07, 6.45) is 11.7. The van der Waals surface area contributed by atoms with Crippen molar-refractivity contribution in [3.8, 4) is 11.3 Å². The molecular weight excluding hydrogens is 258 g/mol. The minimum atomic E-state index is 0.972. The lowest BCUT2D eigenvalue weighted by Gasteiger charge is -2.18. The molecular formula is C18H13N3. The third-order valence-electron chi connectivity index (χ3n) is 3.52. The van der Waals surface area contributed by atoms with Crippen molar-refractivity contribution in [2.75, 3.05) is 0 Å². The van der Waals surface area contributed by atoms with Gasteiger partial charge in [0, 0.05) is 29.4 Å². The van der Waals surface area contributed by atoms with Gasteiger partial charge in [-0.3, -0.25) is 4.99 Å². The topological polar surface area (TPSA) is 28.5 Å². The summed E-state index contributed by atoms with van der Waals surface area (Å²) < 4.78 is 0. The van der Waals surface area contributed by atoms with Gasteiger partial charge >= 0.3 is 0 Å². The molecule has 4 rings (SSSR count). The van der Waals surface area contributed by atoms with Gasteiger partial charge in [-0.25, -0.2) is 4.98 Å². The number of rotatable bonds is 1. The van der Waals surface area contributed by atoms with Gasteiger partial charge in [0.05, 0.1) is 22.9 Å². The van der Waals surface area contributed by atoms with E-state index in [0.717, 1.165) is 27.5 Å². The van der Waals surface area contributed by atoms with E-state index in [1.165, 1.54) is 0 Å². The molecule has 0 spiro atoms. The molecule has 0 amide bonds. The Hall–Kier alpha value is -2.94. The Morgan fingerprint density at radius 2 is 1.86 bits per heavy atom. The fourth-order valence-electron chi connectivity index (χ4n) is 2.45. The van der Waals surface area contributed by atoms with Gasteiger partial charge in [-0.15, -0.1) is 0 Å². The zero-order valence-corrected chi connectivity index (χ0v) is 11.3. The van der Waals surface area contributed by atoms with Crippen molar-refractivity contribution in [1.29, 1.82) is 0 Å². The lowest BCUT2D eigenvalue weighted by atomic mass is 10.1. The first kappa shape index (κ1) is 11.9. The highest BCUT2D eigenvalue weighted by Crippen LogP contribution is 2.15. The largest absolute Gasteiger partial charge is 0.320 e. The van der Waals surface area contributed by atoms with Crippen LogP contribution in [0.5, 0.6) is 0 Å². The number of aromatic nitrogens is 1. The molecule has 0 saturated carbocycles. The highest BCUT2D eigenvalue weighted by Gasteiger charge is 2.09. The zero-order valence-electron chi connectivity index (χ0n) is 11.3. The van der Waals surface area contributed by atoms with Gasteiger partial charge < -0.3 is 4.90 Å². The first-order valence-electron chi connectivity index (χ1n) is 6.85. The number of hydrogen-bond acceptors (Lipinski definition) is 3. The van der Waals surface area contributed by atoms with Crippen molar-refractivity contribution in [3.05, 3.63) is 77.2 Å². The normalized spacial score (nSPS) is 15.2. The Labute approximate surface area is 122 Å². The van der Waals surface area contributed by atoms with E-state index in [0.29, 0.717) is 0 Å². The van der Waals surface area contributed by atoms with Crippen LogP contribution in [-0.2, 0) is 0 Å². The molecule has 0 fully saturated rings. The first-order chi connectivity index (χ1) is 10.4. The SMILES string of the molecule is C1=CN2C=c3nc(-c4ccccc4)ccc3=CC2=CN=C1. The van der Waals surface area contributed by atoms with Gasteiger partial charge in [0.25, 0.3) is 0 Å². The monoisotopic (exact) mass is 271 g/mol. The number of aliphatic imine (C=N–C) groups is 1. The minimum Gasteiger partial charge on any atom is -0.320 e. The van der Waals surface area contributed by atoms with Crippen LogP contribution in [-0.4, -0.2) is 16.1 Å². The fraction of sp³-hybridized carbons (Fsp3) is 0. The Bertz CT molecular complexity index is 890. The van der Waals surface area contributed by atoms with Crippen LogP contribution in [0.2, 0.25) is 0 Å². The maximum Gasteiger partial charge on any atom is 0.0876 e. The molecule has 3 nitrogen and oxygen atoms in total. The quantitative estimate of drug-likeness (QED) is 0.794. The standard InChI is InChI=1S/C18H13N3/c1-2-5-14(6-3-1)17-8-7-15-11-16-12-19-9-4-10-21(16)13-18(15)20-17/h1-13H. The van der Waals surface area contributed by atoms with E-state index in [2.05, 4.69) is 35.3 Å². The van der Waals surface area contributed by atoms with Gasteiger partial charge in [0.2, 0.25) is 0 Å². The second-order valence-corrected chi connectivity index (χ2v) is 4.91. The van der Waals surface area contributed by atoms with E-state index >= 15 is 0 Å². The van der Waals surface area contributed by atoms with Crippen LogP contribution < -0.4 is 10.6 Å². The summed E-state index contributed by atoms with van der Waals surface area (Å²) >= 11 is 0. The Morgan fingerprint density at radius 3 is 2.76 bits per heavy atom. The van der Waals surface area contributed by atoms with Crippen molar-refractivity contribution in [2.24, 2.45) is 4.99 Å². The number of nitrogens with zero attached hydrogens (tertiary/aromatic N) is 3. The van der Waals surface area contributed by atoms with E-state index in [1.54, 1.807) is 6.21 Å². The Kier molecular flexibility index (Phi) is 2.75. The summed E-state index contributed by atoms with van der Waals surface area (Å²) in [7, 11) is 0. The van der Waals surface area contributed by atoms with Gasteiger partial charge in [0.15, 0.2) is 0 Å². The molecule has 0 atom stereocenters. The molecule has 0 aliphatic carbocycles. The van der Waals surface area contributed by atoms with Crippen molar-refractivity contribution in [2.45, 2.75) is 0 Å². The lowest BCUT2D eigenvalue weighted by molar-refractivity contribution is 0.706.